The largest absolute Gasteiger partial charge is 0.415 e. The minimum atomic E-state index is -4.82. The molecule has 0 saturated carbocycles. The molecule has 3 N–H and O–H groups in total. The quantitative estimate of drug-likeness (QED) is 0.835. The van der Waals surface area contributed by atoms with Gasteiger partial charge in [-0.1, -0.05) is 6.07 Å². The Morgan fingerprint density at radius 3 is 2.45 bits per heavy atom. The van der Waals surface area contributed by atoms with Crippen molar-refractivity contribution in [3.05, 3.63) is 35.1 Å². The van der Waals surface area contributed by atoms with Crippen LogP contribution < -0.4 is 11.1 Å². The van der Waals surface area contributed by atoms with Crippen molar-refractivity contribution in [2.24, 2.45) is 5.73 Å². The van der Waals surface area contributed by atoms with Gasteiger partial charge < -0.3 is 11.1 Å². The first kappa shape index (κ1) is 16.4. The molecule has 0 aliphatic carbocycles. The van der Waals surface area contributed by atoms with Crippen molar-refractivity contribution in [1.29, 1.82) is 0 Å². The van der Waals surface area contributed by atoms with Gasteiger partial charge in [-0.3, -0.25) is 4.79 Å². The van der Waals surface area contributed by atoms with Crippen molar-refractivity contribution in [1.82, 2.24) is 5.32 Å². The van der Waals surface area contributed by atoms with Crippen LogP contribution in [0.3, 0.4) is 0 Å². The average Bonchev–Trinajstić information content (AvgIpc) is 2.30. The number of hydrogen-bond donors (Lipinski definition) is 2. The van der Waals surface area contributed by atoms with E-state index in [1.165, 1.54) is 18.2 Å². The Balaban J connectivity index is 2.59. The molecule has 0 bridgehead atoms. The molecular formula is C13H16F4N2O. The van der Waals surface area contributed by atoms with Crippen LogP contribution in [-0.4, -0.2) is 24.2 Å². The number of carbonyl (C=O) groups excluding carboxylic acids is 1. The smallest absolute Gasteiger partial charge is 0.354 e. The Kier molecular flexibility index (Phi) is 4.75. The lowest BCUT2D eigenvalue weighted by atomic mass is 10.0. The second kappa shape index (κ2) is 5.78. The number of aryl methyl sites for hydroxylation is 1. The number of hydrogen-bond acceptors (Lipinski definition) is 2. The Hall–Kier alpha value is -1.63. The first-order chi connectivity index (χ1) is 9.05. The SMILES string of the molecule is Cc1cc(F)ccc1CCNC(=O)C(C)(N)C(F)(F)F. The Morgan fingerprint density at radius 1 is 1.35 bits per heavy atom. The number of halogens is 4. The molecule has 7 heteroatoms. The fraction of sp³-hybridized carbons (Fsp3) is 0.462. The fourth-order valence-corrected chi connectivity index (χ4v) is 1.56. The van der Waals surface area contributed by atoms with Crippen LogP contribution in [0.15, 0.2) is 18.2 Å². The van der Waals surface area contributed by atoms with E-state index in [0.717, 1.165) is 5.56 Å². The third kappa shape index (κ3) is 3.69. The van der Waals surface area contributed by atoms with Crippen LogP contribution in [0.25, 0.3) is 0 Å². The third-order valence-corrected chi connectivity index (χ3v) is 3.05. The van der Waals surface area contributed by atoms with Crippen molar-refractivity contribution < 1.29 is 22.4 Å². The molecule has 0 heterocycles. The summed E-state index contributed by atoms with van der Waals surface area (Å²) in [5, 5.41) is 2.14. The standard InChI is InChI=1S/C13H16F4N2O/c1-8-7-10(14)4-3-9(8)5-6-19-11(20)12(2,18)13(15,16)17/h3-4,7H,5-6,18H2,1-2H3,(H,19,20). The number of carbonyl (C=O) groups is 1. The summed E-state index contributed by atoms with van der Waals surface area (Å²) in [5.74, 6) is -1.67. The van der Waals surface area contributed by atoms with E-state index in [2.05, 4.69) is 5.32 Å². The van der Waals surface area contributed by atoms with E-state index in [4.69, 9.17) is 5.73 Å². The molecule has 0 aliphatic rings. The van der Waals surface area contributed by atoms with Gasteiger partial charge in [0.05, 0.1) is 0 Å². The van der Waals surface area contributed by atoms with E-state index in [1.807, 2.05) is 0 Å². The molecule has 1 atom stereocenters. The molecule has 0 aromatic heterocycles. The van der Waals surface area contributed by atoms with Crippen LogP contribution in [0, 0.1) is 12.7 Å². The second-order valence-corrected chi connectivity index (χ2v) is 4.78. The Morgan fingerprint density at radius 2 is 1.95 bits per heavy atom. The molecule has 0 radical (unpaired) electrons. The molecule has 0 saturated heterocycles. The van der Waals surface area contributed by atoms with Gasteiger partial charge in [0.25, 0.3) is 0 Å². The van der Waals surface area contributed by atoms with E-state index in [-0.39, 0.29) is 12.4 Å². The van der Waals surface area contributed by atoms with Gasteiger partial charge in [0, 0.05) is 6.54 Å². The van der Waals surface area contributed by atoms with Crippen molar-refractivity contribution in [2.75, 3.05) is 6.54 Å². The van der Waals surface area contributed by atoms with E-state index < -0.39 is 17.6 Å². The highest BCUT2D eigenvalue weighted by Gasteiger charge is 2.53. The summed E-state index contributed by atoms with van der Waals surface area (Å²) in [6, 6.07) is 4.11. The molecule has 1 aromatic rings. The molecule has 20 heavy (non-hydrogen) atoms. The Bertz CT molecular complexity index is 498. The van der Waals surface area contributed by atoms with Crippen molar-refractivity contribution in [3.8, 4) is 0 Å². The molecule has 1 unspecified atom stereocenters. The van der Waals surface area contributed by atoms with Crippen LogP contribution >= 0.6 is 0 Å². The number of rotatable bonds is 4. The summed E-state index contributed by atoms with van der Waals surface area (Å²) in [7, 11) is 0. The molecule has 0 aliphatic heterocycles. The highest BCUT2D eigenvalue weighted by molar-refractivity contribution is 5.86. The van der Waals surface area contributed by atoms with Gasteiger partial charge in [-0.15, -0.1) is 0 Å². The number of amides is 1. The van der Waals surface area contributed by atoms with Crippen LogP contribution in [0.2, 0.25) is 0 Å². The van der Waals surface area contributed by atoms with Gasteiger partial charge in [0.1, 0.15) is 5.82 Å². The number of alkyl halides is 3. The van der Waals surface area contributed by atoms with E-state index in [0.29, 0.717) is 18.9 Å². The zero-order chi connectivity index (χ0) is 15.6. The summed E-state index contributed by atoms with van der Waals surface area (Å²) < 4.78 is 50.4. The van der Waals surface area contributed by atoms with Crippen LogP contribution in [0.4, 0.5) is 17.6 Å². The first-order valence-electron chi connectivity index (χ1n) is 5.94. The summed E-state index contributed by atoms with van der Waals surface area (Å²) in [6.45, 7) is 2.29. The summed E-state index contributed by atoms with van der Waals surface area (Å²) in [4.78, 5) is 11.4. The van der Waals surface area contributed by atoms with Gasteiger partial charge in [-0.2, -0.15) is 13.2 Å². The zero-order valence-electron chi connectivity index (χ0n) is 11.1. The maximum Gasteiger partial charge on any atom is 0.415 e. The summed E-state index contributed by atoms with van der Waals surface area (Å²) in [6.07, 6.45) is -4.52. The topological polar surface area (TPSA) is 55.1 Å². The van der Waals surface area contributed by atoms with Gasteiger partial charge in [-0.25, -0.2) is 4.39 Å². The van der Waals surface area contributed by atoms with E-state index >= 15 is 0 Å². The van der Waals surface area contributed by atoms with E-state index in [1.54, 1.807) is 6.92 Å². The molecule has 1 rings (SSSR count). The second-order valence-electron chi connectivity index (χ2n) is 4.78. The molecule has 1 aromatic carbocycles. The third-order valence-electron chi connectivity index (χ3n) is 3.05. The Labute approximate surface area is 114 Å². The van der Waals surface area contributed by atoms with Gasteiger partial charge in [0.15, 0.2) is 5.54 Å². The molecule has 0 fully saturated rings. The van der Waals surface area contributed by atoms with Crippen molar-refractivity contribution in [3.63, 3.8) is 0 Å². The predicted octanol–water partition coefficient (Wildman–Crippen LogP) is 2.07. The van der Waals surface area contributed by atoms with Gasteiger partial charge >= 0.3 is 6.18 Å². The molecule has 1 amide bonds. The minimum absolute atomic E-state index is 0.00578. The first-order valence-corrected chi connectivity index (χ1v) is 5.94. The number of nitrogens with two attached hydrogens (primary N) is 1. The maximum absolute atomic E-state index is 12.9. The lowest BCUT2D eigenvalue weighted by Crippen LogP contribution is -2.61. The minimum Gasteiger partial charge on any atom is -0.354 e. The van der Waals surface area contributed by atoms with E-state index in [9.17, 15) is 22.4 Å². The summed E-state index contributed by atoms with van der Waals surface area (Å²) in [5.41, 5.74) is 3.47. The lowest BCUT2D eigenvalue weighted by molar-refractivity contribution is -0.187. The van der Waals surface area contributed by atoms with Crippen LogP contribution in [0.5, 0.6) is 0 Å². The van der Waals surface area contributed by atoms with Gasteiger partial charge in [0.2, 0.25) is 5.91 Å². The fourth-order valence-electron chi connectivity index (χ4n) is 1.56. The average molecular weight is 292 g/mol. The van der Waals surface area contributed by atoms with Gasteiger partial charge in [-0.05, 0) is 43.5 Å². The molecule has 0 spiro atoms. The molecule has 3 nitrogen and oxygen atoms in total. The molecular weight excluding hydrogens is 276 g/mol. The van der Waals surface area contributed by atoms with Crippen LogP contribution in [0.1, 0.15) is 18.1 Å². The number of benzene rings is 1. The predicted molar refractivity (Wildman–Crippen MR) is 66.5 cm³/mol. The normalized spacial score (nSPS) is 14.8. The monoisotopic (exact) mass is 292 g/mol. The molecule has 112 valence electrons. The maximum atomic E-state index is 12.9. The van der Waals surface area contributed by atoms with Crippen LogP contribution in [-0.2, 0) is 11.2 Å². The lowest BCUT2D eigenvalue weighted by Gasteiger charge is -2.26. The van der Waals surface area contributed by atoms with Crippen molar-refractivity contribution >= 4 is 5.91 Å². The zero-order valence-corrected chi connectivity index (χ0v) is 11.1. The van der Waals surface area contributed by atoms with Crippen molar-refractivity contribution in [2.45, 2.75) is 32.0 Å². The summed E-state index contributed by atoms with van der Waals surface area (Å²) >= 11 is 0. The number of nitrogens with one attached hydrogen (secondary N) is 1. The highest BCUT2D eigenvalue weighted by Crippen LogP contribution is 2.27. The highest BCUT2D eigenvalue weighted by atomic mass is 19.4.